The maximum Gasteiger partial charge on any atom is 0.304 e. The summed E-state index contributed by atoms with van der Waals surface area (Å²) in [7, 11) is 3.49. The summed E-state index contributed by atoms with van der Waals surface area (Å²) in [6.07, 6.45) is 4.76. The van der Waals surface area contributed by atoms with Crippen molar-refractivity contribution >= 4 is 74.4 Å². The van der Waals surface area contributed by atoms with E-state index in [-0.39, 0.29) is 22.2 Å². The molecule has 0 bridgehead atoms. The van der Waals surface area contributed by atoms with E-state index < -0.39 is 5.97 Å². The van der Waals surface area contributed by atoms with Crippen LogP contribution in [-0.4, -0.2) is 56.5 Å². The van der Waals surface area contributed by atoms with E-state index in [1.54, 1.807) is 42.5 Å². The van der Waals surface area contributed by atoms with Gasteiger partial charge in [0, 0.05) is 29.7 Å². The van der Waals surface area contributed by atoms with E-state index in [0.717, 1.165) is 37.9 Å². The largest absolute Gasteiger partial charge is 0.481 e. The number of carbonyl (C=O) groups excluding carboxylic acids is 1. The molecule has 1 heterocycles. The number of hydrogen-bond acceptors (Lipinski definition) is 6. The van der Waals surface area contributed by atoms with Gasteiger partial charge in [0.25, 0.3) is 0 Å². The number of aliphatic carboxylic acids is 1. The summed E-state index contributed by atoms with van der Waals surface area (Å²) in [4.78, 5) is 29.9. The highest BCUT2D eigenvalue weighted by Gasteiger charge is 2.22. The molecule has 1 aromatic heterocycles. The van der Waals surface area contributed by atoms with Crippen LogP contribution in [0.2, 0.25) is 0 Å². The fourth-order valence-electron chi connectivity index (χ4n) is 4.20. The summed E-state index contributed by atoms with van der Waals surface area (Å²) in [5.41, 5.74) is 3.85. The highest BCUT2D eigenvalue weighted by molar-refractivity contribution is 9.10. The number of aromatic nitrogens is 1. The first-order valence-corrected chi connectivity index (χ1v) is 16.3. The minimum absolute atomic E-state index is 0.0248. The average Bonchev–Trinajstić information content (AvgIpc) is 2.95. The molecule has 3 aromatic carbocycles. The van der Waals surface area contributed by atoms with E-state index in [0.29, 0.717) is 17.9 Å². The lowest BCUT2D eigenvalue weighted by Crippen LogP contribution is -2.31. The molecule has 0 saturated carbocycles. The fraction of sp³-hybridized carbons (Fsp3) is 0.242. The zero-order valence-corrected chi connectivity index (χ0v) is 26.9. The number of hydrogen-bond donors (Lipinski definition) is 1. The predicted octanol–water partition coefficient (Wildman–Crippen LogP) is 8.25. The molecule has 0 aliphatic carbocycles. The van der Waals surface area contributed by atoms with Gasteiger partial charge in [0.1, 0.15) is 11.5 Å². The number of pyridine rings is 1. The number of ether oxygens (including phenoxy) is 1. The third kappa shape index (κ3) is 9.64. The van der Waals surface area contributed by atoms with Crippen LogP contribution in [0.15, 0.2) is 83.3 Å². The molecular formula is C33H33BrN2O4S2. The van der Waals surface area contributed by atoms with Crippen LogP contribution in [0.5, 0.6) is 11.5 Å². The van der Waals surface area contributed by atoms with Gasteiger partial charge < -0.3 is 14.7 Å². The Kier molecular flexibility index (Phi) is 11.5. The average molecular weight is 666 g/mol. The Morgan fingerprint density at radius 1 is 1.00 bits per heavy atom. The first kappa shape index (κ1) is 31.7. The Balaban J connectivity index is 1.44. The monoisotopic (exact) mass is 664 g/mol. The maximum absolute atomic E-state index is 12.5. The fourth-order valence-corrected chi connectivity index (χ4v) is 7.59. The van der Waals surface area contributed by atoms with Crippen LogP contribution >= 0.6 is 39.5 Å². The minimum atomic E-state index is -0.821. The normalized spacial score (nSPS) is 12.8. The van der Waals surface area contributed by atoms with E-state index in [4.69, 9.17) is 14.8 Å². The Morgan fingerprint density at radius 2 is 1.74 bits per heavy atom. The van der Waals surface area contributed by atoms with Crippen molar-refractivity contribution in [2.24, 2.45) is 0 Å². The number of rotatable bonds is 13. The van der Waals surface area contributed by atoms with Crippen LogP contribution in [0.25, 0.3) is 23.1 Å². The van der Waals surface area contributed by atoms with E-state index in [1.807, 2.05) is 91.9 Å². The van der Waals surface area contributed by atoms with E-state index in [2.05, 4.69) is 22.0 Å². The van der Waals surface area contributed by atoms with Gasteiger partial charge in [-0.05, 0) is 73.0 Å². The number of amides is 1. The molecular weight excluding hydrogens is 632 g/mol. The van der Waals surface area contributed by atoms with Gasteiger partial charge >= 0.3 is 5.97 Å². The molecule has 9 heteroatoms. The summed E-state index contributed by atoms with van der Waals surface area (Å²) in [6.45, 7) is 1.90. The Hall–Kier alpha value is -3.27. The lowest BCUT2D eigenvalue weighted by molar-refractivity contribution is -0.136. The molecule has 4 rings (SSSR count). The van der Waals surface area contributed by atoms with Crippen LogP contribution in [0.4, 0.5) is 0 Å². The van der Waals surface area contributed by atoms with Gasteiger partial charge in [-0.1, -0.05) is 58.4 Å². The number of benzene rings is 3. The second-order valence-electron chi connectivity index (χ2n) is 9.89. The van der Waals surface area contributed by atoms with Crippen LogP contribution in [0, 0.1) is 0 Å². The van der Waals surface area contributed by atoms with Gasteiger partial charge in [-0.25, -0.2) is 4.98 Å². The standard InChI is InChI=1S/C33H33BrN2O4S2/c1-22(33(39)36(2)3)42-32(41-17-16-31(37)38)20-24-7-5-9-29(19-24)40-28-8-4-6-23(18-28)10-14-27-15-12-25-11-13-26(34)21-30(25)35-27/h4-15,18-19,21-22,32H,16-17,20H2,1-3H3,(H,37,38). The highest BCUT2D eigenvalue weighted by atomic mass is 79.9. The van der Waals surface area contributed by atoms with Crippen LogP contribution in [0.1, 0.15) is 30.2 Å². The molecule has 1 N–H and O–H groups in total. The predicted molar refractivity (Wildman–Crippen MR) is 179 cm³/mol. The number of nitrogens with zero attached hydrogens (tertiary/aromatic N) is 2. The zero-order chi connectivity index (χ0) is 30.1. The lowest BCUT2D eigenvalue weighted by atomic mass is 10.1. The number of carboxylic acid groups (broad SMARTS) is 1. The van der Waals surface area contributed by atoms with Gasteiger partial charge in [0.15, 0.2) is 0 Å². The first-order valence-electron chi connectivity index (χ1n) is 13.5. The van der Waals surface area contributed by atoms with Crippen molar-refractivity contribution in [3.05, 3.63) is 100 Å². The molecule has 2 unspecified atom stereocenters. The van der Waals surface area contributed by atoms with Gasteiger partial charge in [-0.2, -0.15) is 0 Å². The second-order valence-corrected chi connectivity index (χ2v) is 14.0. The molecule has 4 aromatic rings. The van der Waals surface area contributed by atoms with Crippen LogP contribution in [0.3, 0.4) is 0 Å². The van der Waals surface area contributed by atoms with Crippen LogP contribution in [-0.2, 0) is 16.0 Å². The molecule has 2 atom stereocenters. The first-order chi connectivity index (χ1) is 20.2. The van der Waals surface area contributed by atoms with Crippen molar-refractivity contribution in [1.82, 2.24) is 9.88 Å². The molecule has 0 saturated heterocycles. The topological polar surface area (TPSA) is 79.7 Å². The van der Waals surface area contributed by atoms with Gasteiger partial charge in [0.05, 0.1) is 27.5 Å². The number of fused-ring (bicyclic) bond motifs is 1. The lowest BCUT2D eigenvalue weighted by Gasteiger charge is -2.22. The van der Waals surface area contributed by atoms with Gasteiger partial charge in [-0.3, -0.25) is 9.59 Å². The number of carbonyl (C=O) groups is 2. The minimum Gasteiger partial charge on any atom is -0.481 e. The second kappa shape index (κ2) is 15.3. The van der Waals surface area contributed by atoms with E-state index in [1.165, 1.54) is 0 Å². The van der Waals surface area contributed by atoms with Crippen molar-refractivity contribution in [1.29, 1.82) is 0 Å². The van der Waals surface area contributed by atoms with Crippen LogP contribution < -0.4 is 4.74 Å². The van der Waals surface area contributed by atoms with Crippen molar-refractivity contribution < 1.29 is 19.4 Å². The Bertz CT molecular complexity index is 1580. The van der Waals surface area contributed by atoms with E-state index >= 15 is 0 Å². The highest BCUT2D eigenvalue weighted by Crippen LogP contribution is 2.33. The Morgan fingerprint density at radius 3 is 2.50 bits per heavy atom. The summed E-state index contributed by atoms with van der Waals surface area (Å²) >= 11 is 6.65. The quantitative estimate of drug-likeness (QED) is 0.144. The summed E-state index contributed by atoms with van der Waals surface area (Å²) in [5.74, 6) is 1.14. The third-order valence-corrected chi connectivity index (χ3v) is 9.57. The molecule has 1 amide bonds. The summed E-state index contributed by atoms with van der Waals surface area (Å²) in [5, 5.41) is 9.95. The molecule has 42 heavy (non-hydrogen) atoms. The van der Waals surface area contributed by atoms with Crippen molar-refractivity contribution in [3.63, 3.8) is 0 Å². The molecule has 0 spiro atoms. The third-order valence-electron chi connectivity index (χ3n) is 6.28. The molecule has 6 nitrogen and oxygen atoms in total. The maximum atomic E-state index is 12.5. The molecule has 218 valence electrons. The van der Waals surface area contributed by atoms with Crippen molar-refractivity contribution in [2.45, 2.75) is 29.6 Å². The van der Waals surface area contributed by atoms with Gasteiger partial charge in [-0.15, -0.1) is 23.5 Å². The summed E-state index contributed by atoms with van der Waals surface area (Å²) in [6, 6.07) is 25.9. The SMILES string of the molecule is CC(SC(Cc1cccc(Oc2cccc(C=Cc3ccc4ccc(Br)cc4n3)c2)c1)SCCC(=O)O)C(=O)N(C)C. The smallest absolute Gasteiger partial charge is 0.304 e. The number of carboxylic acids is 1. The molecule has 0 fully saturated rings. The molecule has 0 radical (unpaired) electrons. The number of thioether (sulfide) groups is 2. The Labute approximate surface area is 263 Å². The van der Waals surface area contributed by atoms with Crippen molar-refractivity contribution in [3.8, 4) is 11.5 Å². The molecule has 0 aliphatic heterocycles. The molecule has 0 aliphatic rings. The van der Waals surface area contributed by atoms with Gasteiger partial charge in [0.2, 0.25) is 5.91 Å². The van der Waals surface area contributed by atoms with E-state index in [9.17, 15) is 9.59 Å². The van der Waals surface area contributed by atoms with Crippen molar-refractivity contribution in [2.75, 3.05) is 19.8 Å². The zero-order valence-electron chi connectivity index (χ0n) is 23.7. The summed E-state index contributed by atoms with van der Waals surface area (Å²) < 4.78 is 7.24. The number of halogens is 1.